The van der Waals surface area contributed by atoms with Gasteiger partial charge >= 0.3 is 0 Å². The topological polar surface area (TPSA) is 29.6 Å². The molecule has 1 atom stereocenters. The Bertz CT molecular complexity index is 50.8. The van der Waals surface area contributed by atoms with Gasteiger partial charge in [0.1, 0.15) is 6.10 Å². The van der Waals surface area contributed by atoms with Gasteiger partial charge in [0, 0.05) is 0 Å². The lowest BCUT2D eigenvalue weighted by atomic mass is 10.6. The Kier molecular flexibility index (Phi) is 2.35. The molecular formula is C3H5BrO2. The number of aldehydes is 1. The summed E-state index contributed by atoms with van der Waals surface area (Å²) in [6.45, 7) is 0.642. The Labute approximate surface area is 46.3 Å². The molecular weight excluding hydrogens is 148 g/mol. The van der Waals surface area contributed by atoms with Gasteiger partial charge in [0.15, 0.2) is 6.29 Å². The Morgan fingerprint density at radius 3 is 2.33 bits per heavy atom. The minimum absolute atomic E-state index is 0. The maximum Gasteiger partial charge on any atom is 0.151 e. The molecule has 0 aromatic heterocycles. The lowest BCUT2D eigenvalue weighted by Crippen LogP contribution is -1.79. The fourth-order valence-corrected chi connectivity index (χ4v) is 0.134. The van der Waals surface area contributed by atoms with Crippen LogP contribution in [0.1, 0.15) is 0 Å². The molecule has 36 valence electrons. The molecule has 1 unspecified atom stereocenters. The molecule has 0 saturated carbocycles. The largest absolute Gasteiger partial charge is 0.365 e. The van der Waals surface area contributed by atoms with Crippen LogP contribution in [0.25, 0.3) is 0 Å². The summed E-state index contributed by atoms with van der Waals surface area (Å²) in [7, 11) is 0. The van der Waals surface area contributed by atoms with Gasteiger partial charge < -0.3 is 9.53 Å². The zero-order valence-electron chi connectivity index (χ0n) is 3.09. The summed E-state index contributed by atoms with van der Waals surface area (Å²) in [6, 6.07) is 0. The molecule has 6 heavy (non-hydrogen) atoms. The highest BCUT2D eigenvalue weighted by Crippen LogP contribution is 2.02. The quantitative estimate of drug-likeness (QED) is 0.396. The number of rotatable bonds is 1. The van der Waals surface area contributed by atoms with Gasteiger partial charge in [-0.1, -0.05) is 0 Å². The van der Waals surface area contributed by atoms with Crippen LogP contribution >= 0.6 is 17.0 Å². The molecule has 1 rings (SSSR count). The molecule has 0 amide bonds. The first kappa shape index (κ1) is 6.11. The molecule has 1 saturated heterocycles. The van der Waals surface area contributed by atoms with E-state index in [0.717, 1.165) is 6.29 Å². The maximum atomic E-state index is 9.44. The number of hydrogen-bond acceptors (Lipinski definition) is 2. The van der Waals surface area contributed by atoms with Crippen molar-refractivity contribution in [1.82, 2.24) is 0 Å². The summed E-state index contributed by atoms with van der Waals surface area (Å²) in [6.07, 6.45) is 0.759. The molecule has 0 aromatic carbocycles. The molecule has 0 N–H and O–H groups in total. The average Bonchev–Trinajstić information content (AvgIpc) is 2.12. The van der Waals surface area contributed by atoms with Crippen LogP contribution in [0.4, 0.5) is 0 Å². The zero-order valence-corrected chi connectivity index (χ0v) is 4.80. The number of ether oxygens (including phenoxy) is 1. The summed E-state index contributed by atoms with van der Waals surface area (Å²) in [4.78, 5) is 9.44. The normalized spacial score (nSPS) is 27.7. The van der Waals surface area contributed by atoms with Crippen molar-refractivity contribution in [2.45, 2.75) is 6.10 Å². The summed E-state index contributed by atoms with van der Waals surface area (Å²) in [5.74, 6) is 0. The van der Waals surface area contributed by atoms with Crippen molar-refractivity contribution in [3.8, 4) is 0 Å². The van der Waals surface area contributed by atoms with E-state index in [0.29, 0.717) is 6.61 Å². The van der Waals surface area contributed by atoms with Crippen LogP contribution in [0.2, 0.25) is 0 Å². The standard InChI is InChI=1S/C3H4O2.BrH/c4-1-3-2-5-3;/h1,3H,2H2;1H. The Morgan fingerprint density at radius 2 is 2.33 bits per heavy atom. The van der Waals surface area contributed by atoms with E-state index in [1.807, 2.05) is 0 Å². The van der Waals surface area contributed by atoms with E-state index in [9.17, 15) is 4.79 Å². The minimum Gasteiger partial charge on any atom is -0.365 e. The van der Waals surface area contributed by atoms with Crippen LogP contribution in [0, 0.1) is 0 Å². The predicted octanol–water partition coefficient (Wildman–Crippen LogP) is 0.162. The van der Waals surface area contributed by atoms with Gasteiger partial charge in [-0.15, -0.1) is 17.0 Å². The van der Waals surface area contributed by atoms with E-state index in [1.54, 1.807) is 0 Å². The summed E-state index contributed by atoms with van der Waals surface area (Å²) >= 11 is 0. The van der Waals surface area contributed by atoms with Gasteiger partial charge in [0.05, 0.1) is 6.61 Å². The minimum atomic E-state index is -0.0463. The number of hydrogen-bond donors (Lipinski definition) is 0. The first-order valence-electron chi connectivity index (χ1n) is 1.50. The average molecular weight is 153 g/mol. The number of epoxide rings is 1. The van der Waals surface area contributed by atoms with E-state index >= 15 is 0 Å². The van der Waals surface area contributed by atoms with Crippen molar-refractivity contribution >= 4 is 23.3 Å². The van der Waals surface area contributed by atoms with Crippen LogP contribution in [0.5, 0.6) is 0 Å². The summed E-state index contributed by atoms with van der Waals surface area (Å²) in [5, 5.41) is 0. The summed E-state index contributed by atoms with van der Waals surface area (Å²) in [5.41, 5.74) is 0. The Morgan fingerprint density at radius 1 is 1.83 bits per heavy atom. The molecule has 1 aliphatic heterocycles. The SMILES string of the molecule is Br.O=CC1CO1. The molecule has 1 heterocycles. The van der Waals surface area contributed by atoms with Gasteiger partial charge in [-0.2, -0.15) is 0 Å². The maximum absolute atomic E-state index is 9.44. The second-order valence-electron chi connectivity index (χ2n) is 1.01. The molecule has 3 heteroatoms. The highest BCUT2D eigenvalue weighted by Gasteiger charge is 2.19. The Balaban J connectivity index is 0.000000250. The molecule has 0 bridgehead atoms. The van der Waals surface area contributed by atoms with Gasteiger partial charge in [-0.05, 0) is 0 Å². The van der Waals surface area contributed by atoms with Crippen molar-refractivity contribution in [2.75, 3.05) is 6.61 Å². The van der Waals surface area contributed by atoms with Crippen molar-refractivity contribution in [3.05, 3.63) is 0 Å². The molecule has 1 fully saturated rings. The zero-order chi connectivity index (χ0) is 3.70. The molecule has 0 aromatic rings. The highest BCUT2D eigenvalue weighted by atomic mass is 79.9. The third-order valence-corrected chi connectivity index (χ3v) is 0.511. The third-order valence-electron chi connectivity index (χ3n) is 0.511. The molecule has 0 radical (unpaired) electrons. The smallest absolute Gasteiger partial charge is 0.151 e. The van der Waals surface area contributed by atoms with Crippen molar-refractivity contribution in [3.63, 3.8) is 0 Å². The molecule has 2 nitrogen and oxygen atoms in total. The Hall–Kier alpha value is 0.110. The van der Waals surface area contributed by atoms with E-state index in [2.05, 4.69) is 4.74 Å². The molecule has 0 aliphatic carbocycles. The number of carbonyl (C=O) groups is 1. The number of halogens is 1. The van der Waals surface area contributed by atoms with E-state index in [4.69, 9.17) is 0 Å². The third kappa shape index (κ3) is 1.52. The van der Waals surface area contributed by atoms with E-state index in [-0.39, 0.29) is 23.1 Å². The fourth-order valence-electron chi connectivity index (χ4n) is 0.134. The molecule has 1 aliphatic rings. The second-order valence-corrected chi connectivity index (χ2v) is 1.01. The first-order valence-corrected chi connectivity index (χ1v) is 1.50. The fraction of sp³-hybridized carbons (Fsp3) is 0.667. The number of carbonyl (C=O) groups excluding carboxylic acids is 1. The van der Waals surface area contributed by atoms with Crippen molar-refractivity contribution in [1.29, 1.82) is 0 Å². The van der Waals surface area contributed by atoms with Gasteiger partial charge in [0.2, 0.25) is 0 Å². The first-order chi connectivity index (χ1) is 2.43. The van der Waals surface area contributed by atoms with Crippen molar-refractivity contribution in [2.24, 2.45) is 0 Å². The van der Waals surface area contributed by atoms with Crippen LogP contribution in [0.3, 0.4) is 0 Å². The molecule has 0 spiro atoms. The second kappa shape index (κ2) is 2.31. The van der Waals surface area contributed by atoms with Gasteiger partial charge in [-0.25, -0.2) is 0 Å². The van der Waals surface area contributed by atoms with Crippen molar-refractivity contribution < 1.29 is 9.53 Å². The summed E-state index contributed by atoms with van der Waals surface area (Å²) < 4.78 is 4.49. The van der Waals surface area contributed by atoms with Gasteiger partial charge in [0.25, 0.3) is 0 Å². The predicted molar refractivity (Wildman–Crippen MR) is 26.1 cm³/mol. The van der Waals surface area contributed by atoms with Crippen LogP contribution in [-0.4, -0.2) is 19.0 Å². The monoisotopic (exact) mass is 152 g/mol. The van der Waals surface area contributed by atoms with Gasteiger partial charge in [-0.3, -0.25) is 0 Å². The van der Waals surface area contributed by atoms with E-state index in [1.165, 1.54) is 0 Å². The lowest BCUT2D eigenvalue weighted by Gasteiger charge is -1.53. The van der Waals surface area contributed by atoms with Crippen LogP contribution < -0.4 is 0 Å². The highest BCUT2D eigenvalue weighted by molar-refractivity contribution is 8.93. The van der Waals surface area contributed by atoms with Crippen LogP contribution in [-0.2, 0) is 9.53 Å². The van der Waals surface area contributed by atoms with E-state index < -0.39 is 0 Å². The lowest BCUT2D eigenvalue weighted by molar-refractivity contribution is -0.108. The van der Waals surface area contributed by atoms with Crippen LogP contribution in [0.15, 0.2) is 0 Å².